The molecule has 1 aromatic rings. The number of benzene rings is 1. The van der Waals surface area contributed by atoms with E-state index in [1.54, 1.807) is 4.08 Å². The van der Waals surface area contributed by atoms with Gasteiger partial charge in [-0.2, -0.15) is 0 Å². The second kappa shape index (κ2) is 9.08. The van der Waals surface area contributed by atoms with Gasteiger partial charge in [-0.05, 0) is 22.3 Å². The summed E-state index contributed by atoms with van der Waals surface area (Å²) in [5.41, 5.74) is 0.958. The van der Waals surface area contributed by atoms with E-state index in [0.717, 1.165) is 12.1 Å². The quantitative estimate of drug-likeness (QED) is 0.361. The molecule has 4 N–H and O–H groups in total. The van der Waals surface area contributed by atoms with Crippen molar-refractivity contribution in [2.75, 3.05) is 18.5 Å². The number of rotatable bonds is 7. The van der Waals surface area contributed by atoms with Gasteiger partial charge in [0.1, 0.15) is 12.7 Å². The van der Waals surface area contributed by atoms with E-state index in [9.17, 15) is 18.0 Å². The Morgan fingerprint density at radius 1 is 1.32 bits per heavy atom. The molecule has 25 heavy (non-hydrogen) atoms. The molecule has 0 radical (unpaired) electrons. The standard InChI is InChI=1S/C15H14F3IN2O4/c16-10-2-1-9(15(24)21-25-7-8(23)6-22)14(13(10)18)20-12-3-4-19-5-11(12)17/h1-5,8,20,22-23H,6-7H2,(H,21,24)/t8-/m1/s1. The van der Waals surface area contributed by atoms with Gasteiger partial charge in [-0.15, -0.1) is 0 Å². The maximum absolute atomic E-state index is 14.1. The van der Waals surface area contributed by atoms with Crippen molar-refractivity contribution in [3.63, 3.8) is 0 Å². The van der Waals surface area contributed by atoms with E-state index in [0.29, 0.717) is 0 Å². The van der Waals surface area contributed by atoms with Crippen molar-refractivity contribution >= 4 is 36.3 Å². The van der Waals surface area contributed by atoms with Gasteiger partial charge in [-0.25, -0.2) is 18.7 Å². The predicted molar refractivity (Wildman–Crippen MR) is 93.8 cm³/mol. The number of anilines is 1. The summed E-state index contributed by atoms with van der Waals surface area (Å²) in [7, 11) is 0. The third-order valence-electron chi connectivity index (χ3n) is 2.97. The lowest BCUT2D eigenvalue weighted by Gasteiger charge is -2.15. The van der Waals surface area contributed by atoms with E-state index in [2.05, 4.69) is 10.2 Å². The summed E-state index contributed by atoms with van der Waals surface area (Å²) in [6.07, 6.45) is 0.177. The van der Waals surface area contributed by atoms with E-state index < -0.39 is 69.1 Å². The Morgan fingerprint density at radius 3 is 2.76 bits per heavy atom. The third kappa shape index (κ3) is 5.11. The van der Waals surface area contributed by atoms with Gasteiger partial charge in [-0.1, -0.05) is 20.7 Å². The van der Waals surface area contributed by atoms with Crippen LogP contribution in [0, 0.1) is 11.6 Å². The van der Waals surface area contributed by atoms with E-state index in [1.165, 1.54) is 10.1 Å². The molecule has 1 aromatic carbocycles. The molecular weight excluding hydrogens is 456 g/mol. The maximum atomic E-state index is 14.1. The molecular formula is C15H14F3IN2O4. The van der Waals surface area contributed by atoms with E-state index in [4.69, 9.17) is 10.2 Å². The number of nitrogens with one attached hydrogen (secondary N) is 2. The second-order valence-corrected chi connectivity index (χ2v) is 6.84. The highest BCUT2D eigenvalue weighted by Crippen LogP contribution is 2.27. The van der Waals surface area contributed by atoms with Crippen molar-refractivity contribution in [3.05, 3.63) is 51.0 Å². The molecule has 0 saturated carbocycles. The van der Waals surface area contributed by atoms with Gasteiger partial charge in [0.25, 0.3) is 5.91 Å². The number of hydrogen-bond donors (Lipinski definition) is 4. The average molecular weight is 470 g/mol. The molecule has 0 bridgehead atoms. The number of carbonyl (C=O) groups is 1. The number of carbonyl (C=O) groups excluding carboxylic acids is 1. The summed E-state index contributed by atoms with van der Waals surface area (Å²) in [6, 6.07) is 1.75. The largest absolute Gasteiger partial charge is 0.394 e. The van der Waals surface area contributed by atoms with Gasteiger partial charge >= 0.3 is 0 Å². The van der Waals surface area contributed by atoms with Gasteiger partial charge in [0.05, 0.1) is 23.6 Å². The van der Waals surface area contributed by atoms with Crippen molar-refractivity contribution in [1.82, 2.24) is 5.48 Å². The highest BCUT2D eigenvalue weighted by atomic mass is 127. The zero-order chi connectivity index (χ0) is 18.4. The van der Waals surface area contributed by atoms with Gasteiger partial charge in [0.15, 0.2) is 17.5 Å². The average Bonchev–Trinajstić information content (AvgIpc) is 2.60. The first-order chi connectivity index (χ1) is 11.9. The van der Waals surface area contributed by atoms with E-state index in [-0.39, 0.29) is 11.3 Å². The van der Waals surface area contributed by atoms with Crippen LogP contribution in [0.1, 0.15) is 10.4 Å². The van der Waals surface area contributed by atoms with Gasteiger partial charge in [0.2, 0.25) is 0 Å². The van der Waals surface area contributed by atoms with Gasteiger partial charge in [-0.3, -0.25) is 9.63 Å². The number of allylic oxidation sites excluding steroid dienone is 2. The molecule has 0 unspecified atom stereocenters. The summed E-state index contributed by atoms with van der Waals surface area (Å²) >= 11 is -0.570. The Bertz CT molecular complexity index is 753. The molecule has 2 rings (SSSR count). The Balaban J connectivity index is 2.23. The summed E-state index contributed by atoms with van der Waals surface area (Å²) in [6.45, 7) is -0.984. The minimum Gasteiger partial charge on any atom is -0.394 e. The fourth-order valence-electron chi connectivity index (χ4n) is 1.74. The molecule has 1 aliphatic rings. The van der Waals surface area contributed by atoms with Crippen molar-refractivity contribution in [2.24, 2.45) is 0 Å². The summed E-state index contributed by atoms with van der Waals surface area (Å²) < 4.78 is 44.4. The Hall–Kier alpha value is -1.76. The zero-order valence-electron chi connectivity index (χ0n) is 12.6. The topological polar surface area (TPSA) is 90.8 Å². The number of hydroxylamine groups is 1. The van der Waals surface area contributed by atoms with Crippen molar-refractivity contribution in [2.45, 2.75) is 6.10 Å². The zero-order valence-corrected chi connectivity index (χ0v) is 14.8. The normalized spacial score (nSPS) is 14.9. The fourth-order valence-corrected chi connectivity index (χ4v) is 3.16. The van der Waals surface area contributed by atoms with Crippen LogP contribution in [0.4, 0.5) is 18.9 Å². The highest BCUT2D eigenvalue weighted by Gasteiger charge is 2.21. The predicted octanol–water partition coefficient (Wildman–Crippen LogP) is 1.87. The monoisotopic (exact) mass is 470 g/mol. The molecule has 0 fully saturated rings. The van der Waals surface area contributed by atoms with Crippen LogP contribution >= 0.6 is 20.7 Å². The smallest absolute Gasteiger partial charge is 0.277 e. The number of aliphatic hydroxyl groups is 2. The van der Waals surface area contributed by atoms with Crippen LogP contribution in [0.5, 0.6) is 0 Å². The third-order valence-corrected chi connectivity index (χ3v) is 4.65. The first-order valence-electron chi connectivity index (χ1n) is 6.91. The van der Waals surface area contributed by atoms with Crippen molar-refractivity contribution < 1.29 is 33.0 Å². The van der Waals surface area contributed by atoms with Crippen LogP contribution < -0.4 is 10.8 Å². The molecule has 6 nitrogen and oxygen atoms in total. The fraction of sp³-hybridized carbons (Fsp3) is 0.200. The molecule has 1 heterocycles. The van der Waals surface area contributed by atoms with Crippen LogP contribution in [0.15, 0.2) is 33.8 Å². The number of aliphatic hydroxyl groups excluding tert-OH is 2. The van der Waals surface area contributed by atoms with Crippen molar-refractivity contribution in [3.8, 4) is 0 Å². The van der Waals surface area contributed by atoms with Crippen molar-refractivity contribution in [1.29, 1.82) is 0 Å². The van der Waals surface area contributed by atoms with E-state index >= 15 is 0 Å². The molecule has 10 heteroatoms. The molecule has 1 atom stereocenters. The molecule has 1 aliphatic heterocycles. The van der Waals surface area contributed by atoms with Crippen LogP contribution in [0.3, 0.4) is 0 Å². The second-order valence-electron chi connectivity index (χ2n) is 4.78. The summed E-state index contributed by atoms with van der Waals surface area (Å²) in [5.74, 6) is -4.12. The molecule has 136 valence electrons. The Morgan fingerprint density at radius 2 is 2.08 bits per heavy atom. The van der Waals surface area contributed by atoms with Crippen LogP contribution in [-0.2, 0) is 4.84 Å². The first kappa shape index (κ1) is 19.6. The maximum Gasteiger partial charge on any atom is 0.277 e. The first-order valence-corrected chi connectivity index (χ1v) is 9.40. The Kier molecular flexibility index (Phi) is 7.11. The Labute approximate surface area is 150 Å². The highest BCUT2D eigenvalue weighted by molar-refractivity contribution is 14.2. The van der Waals surface area contributed by atoms with Crippen LogP contribution in [-0.4, -0.2) is 39.4 Å². The lowest BCUT2D eigenvalue weighted by atomic mass is 10.1. The SMILES string of the molecule is O=C(NOC[C@H](O)CO)c1ccc(F)c(F)c1NC1=C(F)C=IC=C1. The molecule has 0 spiro atoms. The minimum absolute atomic E-state index is 0.0962. The minimum atomic E-state index is -1.35. The molecule has 0 saturated heterocycles. The number of hydrogen-bond acceptors (Lipinski definition) is 5. The summed E-state index contributed by atoms with van der Waals surface area (Å²) in [4.78, 5) is 16.8. The molecule has 1 amide bonds. The van der Waals surface area contributed by atoms with Crippen LogP contribution in [0.2, 0.25) is 0 Å². The number of amides is 1. The molecule has 0 aromatic heterocycles. The molecule has 0 aliphatic carbocycles. The lowest BCUT2D eigenvalue weighted by molar-refractivity contribution is -0.0295. The summed E-state index contributed by atoms with van der Waals surface area (Å²) in [5, 5.41) is 20.1. The number of halogens is 4. The van der Waals surface area contributed by atoms with Crippen LogP contribution in [0.25, 0.3) is 0 Å². The van der Waals surface area contributed by atoms with Gasteiger partial charge in [0, 0.05) is 4.01 Å². The lowest BCUT2D eigenvalue weighted by Crippen LogP contribution is -2.30. The van der Waals surface area contributed by atoms with E-state index in [1.807, 2.05) is 5.48 Å². The van der Waals surface area contributed by atoms with Gasteiger partial charge < -0.3 is 15.5 Å².